The van der Waals surface area contributed by atoms with Crippen LogP contribution >= 0.6 is 12.2 Å². The van der Waals surface area contributed by atoms with Gasteiger partial charge in [0.05, 0.1) is 5.52 Å². The summed E-state index contributed by atoms with van der Waals surface area (Å²) in [6.07, 6.45) is 3.19. The van der Waals surface area contributed by atoms with Crippen LogP contribution in [0.3, 0.4) is 0 Å². The average Bonchev–Trinajstić information content (AvgIpc) is 3.03. The molecule has 1 atom stereocenters. The SMILES string of the molecule is CCCCC(NC(=S)c1ccccc1)n1nnc2ccccc21. The number of aromatic nitrogens is 3. The molecule has 118 valence electrons. The van der Waals surface area contributed by atoms with Crippen molar-refractivity contribution in [1.29, 1.82) is 0 Å². The lowest BCUT2D eigenvalue weighted by Gasteiger charge is -2.21. The van der Waals surface area contributed by atoms with Gasteiger partial charge in [-0.1, -0.05) is 73.2 Å². The number of hydrogen-bond acceptors (Lipinski definition) is 3. The Morgan fingerprint density at radius 2 is 1.87 bits per heavy atom. The quantitative estimate of drug-likeness (QED) is 0.694. The van der Waals surface area contributed by atoms with Gasteiger partial charge in [-0.3, -0.25) is 0 Å². The second-order valence-corrected chi connectivity index (χ2v) is 5.93. The van der Waals surface area contributed by atoms with Crippen molar-refractivity contribution in [2.24, 2.45) is 0 Å². The van der Waals surface area contributed by atoms with Crippen LogP contribution in [0.5, 0.6) is 0 Å². The number of nitrogens with one attached hydrogen (secondary N) is 1. The Morgan fingerprint density at radius 1 is 1.13 bits per heavy atom. The minimum absolute atomic E-state index is 0.00931. The van der Waals surface area contributed by atoms with E-state index in [2.05, 4.69) is 22.6 Å². The summed E-state index contributed by atoms with van der Waals surface area (Å²) in [6, 6.07) is 18.0. The molecule has 0 fully saturated rings. The number of nitrogens with zero attached hydrogens (tertiary/aromatic N) is 3. The molecule has 0 bridgehead atoms. The topological polar surface area (TPSA) is 42.7 Å². The van der Waals surface area contributed by atoms with Crippen molar-refractivity contribution in [2.75, 3.05) is 0 Å². The van der Waals surface area contributed by atoms with E-state index in [1.54, 1.807) is 0 Å². The normalized spacial score (nSPS) is 12.2. The molecular weight excluding hydrogens is 304 g/mol. The molecule has 1 heterocycles. The second-order valence-electron chi connectivity index (χ2n) is 5.52. The molecular formula is C18H20N4S. The maximum absolute atomic E-state index is 5.57. The first-order chi connectivity index (χ1) is 11.3. The summed E-state index contributed by atoms with van der Waals surface area (Å²) in [5, 5.41) is 12.1. The zero-order valence-electron chi connectivity index (χ0n) is 13.1. The van der Waals surface area contributed by atoms with E-state index in [-0.39, 0.29) is 6.17 Å². The largest absolute Gasteiger partial charge is 0.354 e. The molecule has 0 amide bonds. The molecule has 0 radical (unpaired) electrons. The Morgan fingerprint density at radius 3 is 2.65 bits per heavy atom. The highest BCUT2D eigenvalue weighted by Crippen LogP contribution is 2.19. The van der Waals surface area contributed by atoms with Crippen molar-refractivity contribution < 1.29 is 0 Å². The standard InChI is InChI=1S/C18H20N4S/c1-2-3-13-17(19-18(23)14-9-5-4-6-10-14)22-16-12-8-7-11-15(16)20-21-22/h4-12,17H,2-3,13H2,1H3,(H,19,23). The Labute approximate surface area is 141 Å². The molecule has 0 spiro atoms. The fraction of sp³-hybridized carbons (Fsp3) is 0.278. The Hall–Kier alpha value is -2.27. The third-order valence-electron chi connectivity index (χ3n) is 3.84. The number of unbranched alkanes of at least 4 members (excludes halogenated alkanes) is 1. The van der Waals surface area contributed by atoms with E-state index in [1.807, 2.05) is 59.3 Å². The van der Waals surface area contributed by atoms with Crippen molar-refractivity contribution >= 4 is 28.2 Å². The van der Waals surface area contributed by atoms with E-state index in [1.165, 1.54) is 0 Å². The van der Waals surface area contributed by atoms with E-state index in [0.717, 1.165) is 40.8 Å². The van der Waals surface area contributed by atoms with Crippen molar-refractivity contribution in [3.05, 3.63) is 60.2 Å². The first kappa shape index (κ1) is 15.6. The van der Waals surface area contributed by atoms with Crippen molar-refractivity contribution in [2.45, 2.75) is 32.4 Å². The molecule has 5 heteroatoms. The first-order valence-corrected chi connectivity index (χ1v) is 8.36. The van der Waals surface area contributed by atoms with E-state index in [0.29, 0.717) is 0 Å². The van der Waals surface area contributed by atoms with Crippen molar-refractivity contribution in [3.8, 4) is 0 Å². The van der Waals surface area contributed by atoms with Gasteiger partial charge in [0, 0.05) is 5.56 Å². The molecule has 1 aromatic heterocycles. The minimum Gasteiger partial charge on any atom is -0.354 e. The van der Waals surface area contributed by atoms with Crippen LogP contribution in [0.1, 0.15) is 37.9 Å². The van der Waals surface area contributed by atoms with Gasteiger partial charge < -0.3 is 5.32 Å². The summed E-state index contributed by atoms with van der Waals surface area (Å²) < 4.78 is 1.94. The smallest absolute Gasteiger partial charge is 0.123 e. The Balaban J connectivity index is 1.87. The predicted molar refractivity (Wildman–Crippen MR) is 97.4 cm³/mol. The van der Waals surface area contributed by atoms with Crippen LogP contribution in [-0.4, -0.2) is 20.0 Å². The number of thiocarbonyl (C=S) groups is 1. The minimum atomic E-state index is 0.00931. The number of para-hydroxylation sites is 1. The van der Waals surface area contributed by atoms with Gasteiger partial charge in [0.15, 0.2) is 0 Å². The fourth-order valence-electron chi connectivity index (χ4n) is 2.59. The second kappa shape index (κ2) is 7.33. The third-order valence-corrected chi connectivity index (χ3v) is 4.19. The van der Waals surface area contributed by atoms with Gasteiger partial charge in [-0.25, -0.2) is 4.68 Å². The maximum Gasteiger partial charge on any atom is 0.123 e. The lowest BCUT2D eigenvalue weighted by molar-refractivity contribution is 0.391. The molecule has 4 nitrogen and oxygen atoms in total. The van der Waals surface area contributed by atoms with Crippen molar-refractivity contribution in [1.82, 2.24) is 20.3 Å². The van der Waals surface area contributed by atoms with Gasteiger partial charge in [-0.15, -0.1) is 5.10 Å². The van der Waals surface area contributed by atoms with Crippen LogP contribution in [-0.2, 0) is 0 Å². The Kier molecular flexibility index (Phi) is 4.98. The average molecular weight is 324 g/mol. The summed E-state index contributed by atoms with van der Waals surface area (Å²) >= 11 is 5.57. The molecule has 0 aliphatic heterocycles. The number of fused-ring (bicyclic) bond motifs is 1. The number of hydrogen-bond donors (Lipinski definition) is 1. The zero-order chi connectivity index (χ0) is 16.1. The van der Waals surface area contributed by atoms with E-state index in [9.17, 15) is 0 Å². The monoisotopic (exact) mass is 324 g/mol. The Bertz CT molecular complexity index is 782. The van der Waals surface area contributed by atoms with E-state index >= 15 is 0 Å². The number of rotatable bonds is 6. The van der Waals surface area contributed by atoms with E-state index in [4.69, 9.17) is 12.2 Å². The molecule has 1 N–H and O–H groups in total. The highest BCUT2D eigenvalue weighted by Gasteiger charge is 2.16. The summed E-state index contributed by atoms with van der Waals surface area (Å²) in [4.78, 5) is 0.742. The highest BCUT2D eigenvalue weighted by molar-refractivity contribution is 7.80. The molecule has 0 saturated heterocycles. The van der Waals surface area contributed by atoms with Gasteiger partial charge in [-0.05, 0) is 25.0 Å². The number of benzene rings is 2. The van der Waals surface area contributed by atoms with Gasteiger partial charge >= 0.3 is 0 Å². The molecule has 0 aliphatic rings. The summed E-state index contributed by atoms with van der Waals surface area (Å²) in [5.41, 5.74) is 2.95. The summed E-state index contributed by atoms with van der Waals surface area (Å²) in [5.74, 6) is 0. The molecule has 1 unspecified atom stereocenters. The van der Waals surface area contributed by atoms with Crippen molar-refractivity contribution in [3.63, 3.8) is 0 Å². The first-order valence-electron chi connectivity index (χ1n) is 7.95. The molecule has 3 rings (SSSR count). The zero-order valence-corrected chi connectivity index (χ0v) is 14.0. The third kappa shape index (κ3) is 3.56. The van der Waals surface area contributed by atoms with Crippen LogP contribution < -0.4 is 5.32 Å². The summed E-state index contributed by atoms with van der Waals surface area (Å²) in [6.45, 7) is 2.19. The molecule has 23 heavy (non-hydrogen) atoms. The summed E-state index contributed by atoms with van der Waals surface area (Å²) in [7, 11) is 0. The molecule has 3 aromatic rings. The predicted octanol–water partition coefficient (Wildman–Crippen LogP) is 4.09. The lowest BCUT2D eigenvalue weighted by atomic mass is 10.2. The van der Waals surface area contributed by atoms with E-state index < -0.39 is 0 Å². The van der Waals surface area contributed by atoms with Gasteiger partial charge in [0.1, 0.15) is 16.7 Å². The molecule has 0 aliphatic carbocycles. The van der Waals surface area contributed by atoms with Crippen LogP contribution in [0.2, 0.25) is 0 Å². The van der Waals surface area contributed by atoms with Gasteiger partial charge in [0.2, 0.25) is 0 Å². The van der Waals surface area contributed by atoms with Crippen LogP contribution in [0.4, 0.5) is 0 Å². The van der Waals surface area contributed by atoms with Crippen LogP contribution in [0.25, 0.3) is 11.0 Å². The maximum atomic E-state index is 5.57. The highest BCUT2D eigenvalue weighted by atomic mass is 32.1. The lowest BCUT2D eigenvalue weighted by Crippen LogP contribution is -2.32. The molecule has 2 aromatic carbocycles. The fourth-order valence-corrected chi connectivity index (χ4v) is 2.87. The molecule has 0 saturated carbocycles. The van der Waals surface area contributed by atoms with Gasteiger partial charge in [-0.2, -0.15) is 0 Å². The van der Waals surface area contributed by atoms with Gasteiger partial charge in [0.25, 0.3) is 0 Å². The van der Waals surface area contributed by atoms with Crippen LogP contribution in [0, 0.1) is 0 Å². The van der Waals surface area contributed by atoms with Crippen LogP contribution in [0.15, 0.2) is 54.6 Å².